The molecule has 0 saturated carbocycles. The summed E-state index contributed by atoms with van der Waals surface area (Å²) in [6.45, 7) is 10.5. The molecule has 1 aromatic carbocycles. The number of aromatic nitrogens is 3. The van der Waals surface area contributed by atoms with Crippen LogP contribution in [-0.4, -0.2) is 64.1 Å². The molecular formula is C24H30IN5O4S. The number of nitrogens with zero attached hydrogens (tertiary/aromatic N) is 5. The molecule has 35 heavy (non-hydrogen) atoms. The van der Waals surface area contributed by atoms with Crippen LogP contribution in [0, 0.1) is 3.57 Å². The van der Waals surface area contributed by atoms with E-state index >= 15 is 0 Å². The predicted octanol–water partition coefficient (Wildman–Crippen LogP) is 4.25. The van der Waals surface area contributed by atoms with Crippen LogP contribution in [0.3, 0.4) is 0 Å². The summed E-state index contributed by atoms with van der Waals surface area (Å²) in [5.74, 6) is 0.533. The third kappa shape index (κ3) is 5.40. The molecule has 0 bridgehead atoms. The van der Waals surface area contributed by atoms with E-state index in [9.17, 15) is 13.2 Å². The number of halogens is 1. The van der Waals surface area contributed by atoms with Gasteiger partial charge < -0.3 is 14.5 Å². The van der Waals surface area contributed by atoms with Gasteiger partial charge in [0.25, 0.3) is 0 Å². The minimum Gasteiger partial charge on any atom is -0.444 e. The van der Waals surface area contributed by atoms with E-state index in [0.29, 0.717) is 35.5 Å². The van der Waals surface area contributed by atoms with Crippen molar-refractivity contribution in [3.8, 4) is 0 Å². The second-order valence-electron chi connectivity index (χ2n) is 9.89. The lowest BCUT2D eigenvalue weighted by Gasteiger charge is -2.44. The van der Waals surface area contributed by atoms with Gasteiger partial charge in [-0.05, 0) is 62.8 Å². The van der Waals surface area contributed by atoms with Crippen molar-refractivity contribution in [2.45, 2.75) is 58.1 Å². The SMILES string of the molecule is C[C@@H]1CN(c2ncnc3c2c(I)cn3S(=O)(=O)Cc2ccccc2)[C@@H](C)CN1C(=O)OC(C)(C)C. The van der Waals surface area contributed by atoms with Crippen LogP contribution in [0.5, 0.6) is 0 Å². The second kappa shape index (κ2) is 9.57. The van der Waals surface area contributed by atoms with Crippen molar-refractivity contribution < 1.29 is 17.9 Å². The molecule has 0 aliphatic carbocycles. The van der Waals surface area contributed by atoms with Crippen LogP contribution in [0.4, 0.5) is 10.6 Å². The Hall–Kier alpha value is -2.41. The summed E-state index contributed by atoms with van der Waals surface area (Å²) in [7, 11) is -3.69. The highest BCUT2D eigenvalue weighted by molar-refractivity contribution is 14.1. The van der Waals surface area contributed by atoms with Gasteiger partial charge in [-0.25, -0.2) is 27.2 Å². The first kappa shape index (κ1) is 25.7. The number of benzene rings is 1. The number of ether oxygens (including phenoxy) is 1. The van der Waals surface area contributed by atoms with Crippen molar-refractivity contribution in [3.63, 3.8) is 0 Å². The zero-order valence-corrected chi connectivity index (χ0v) is 23.4. The van der Waals surface area contributed by atoms with Crippen molar-refractivity contribution >= 4 is 55.6 Å². The number of anilines is 1. The number of carbonyl (C=O) groups is 1. The summed E-state index contributed by atoms with van der Waals surface area (Å²) in [5.41, 5.74) is 0.490. The lowest BCUT2D eigenvalue weighted by Crippen LogP contribution is -2.59. The summed E-state index contributed by atoms with van der Waals surface area (Å²) in [4.78, 5) is 25.5. The maximum Gasteiger partial charge on any atom is 0.410 e. The highest BCUT2D eigenvalue weighted by atomic mass is 127. The van der Waals surface area contributed by atoms with Gasteiger partial charge in [-0.1, -0.05) is 30.3 Å². The number of hydrogen-bond donors (Lipinski definition) is 0. The van der Waals surface area contributed by atoms with Gasteiger partial charge >= 0.3 is 6.09 Å². The smallest absolute Gasteiger partial charge is 0.410 e. The van der Waals surface area contributed by atoms with Gasteiger partial charge in [-0.2, -0.15) is 0 Å². The number of rotatable bonds is 4. The standard InChI is InChI=1S/C24H30IN5O4S/c1-16-12-29(23(31)34-24(3,4)5)17(2)11-28(16)21-20-19(25)13-30(22(20)27-15-26-21)35(32,33)14-18-9-7-6-8-10-18/h6-10,13,15-17H,11-12,14H2,1-5H3/t16-,17+/m0/s1. The van der Waals surface area contributed by atoms with Gasteiger partial charge in [0.2, 0.25) is 10.0 Å². The van der Waals surface area contributed by atoms with Crippen molar-refractivity contribution in [1.82, 2.24) is 18.8 Å². The van der Waals surface area contributed by atoms with Gasteiger partial charge in [0.1, 0.15) is 17.7 Å². The van der Waals surface area contributed by atoms with E-state index < -0.39 is 15.6 Å². The molecular weight excluding hydrogens is 581 g/mol. The minimum atomic E-state index is -3.69. The average Bonchev–Trinajstić information content (AvgIpc) is 3.12. The van der Waals surface area contributed by atoms with Crippen LogP contribution in [0.2, 0.25) is 0 Å². The molecule has 0 unspecified atom stereocenters. The van der Waals surface area contributed by atoms with Crippen LogP contribution in [0.25, 0.3) is 11.0 Å². The molecule has 2 aromatic heterocycles. The quantitative estimate of drug-likeness (QED) is 0.407. The summed E-state index contributed by atoms with van der Waals surface area (Å²) in [6.07, 6.45) is 2.67. The van der Waals surface area contributed by atoms with E-state index in [0.717, 1.165) is 3.57 Å². The van der Waals surface area contributed by atoms with Gasteiger partial charge in [0.05, 0.1) is 11.1 Å². The Morgan fingerprint density at radius 2 is 1.80 bits per heavy atom. The molecule has 1 aliphatic heterocycles. The fourth-order valence-corrected chi connectivity index (χ4v) is 6.63. The molecule has 9 nitrogen and oxygen atoms in total. The summed E-state index contributed by atoms with van der Waals surface area (Å²) >= 11 is 2.14. The lowest BCUT2D eigenvalue weighted by molar-refractivity contribution is 0.0130. The highest BCUT2D eigenvalue weighted by Crippen LogP contribution is 2.33. The highest BCUT2D eigenvalue weighted by Gasteiger charge is 2.36. The van der Waals surface area contributed by atoms with Gasteiger partial charge in [-0.3, -0.25) is 0 Å². The van der Waals surface area contributed by atoms with Crippen LogP contribution in [0.1, 0.15) is 40.2 Å². The Bertz CT molecular complexity index is 1340. The maximum atomic E-state index is 13.3. The Balaban J connectivity index is 1.66. The Labute approximate surface area is 219 Å². The van der Waals surface area contributed by atoms with Crippen molar-refractivity contribution in [2.24, 2.45) is 0 Å². The topological polar surface area (TPSA) is 97.6 Å². The molecule has 4 rings (SSSR count). The second-order valence-corrected chi connectivity index (χ2v) is 12.9. The van der Waals surface area contributed by atoms with Crippen molar-refractivity contribution in [1.29, 1.82) is 0 Å². The number of amides is 1. The third-order valence-corrected chi connectivity index (χ3v) is 8.26. The Kier molecular flexibility index (Phi) is 7.02. The molecule has 0 radical (unpaired) electrons. The van der Waals surface area contributed by atoms with Crippen LogP contribution >= 0.6 is 22.6 Å². The molecule has 0 spiro atoms. The predicted molar refractivity (Wildman–Crippen MR) is 144 cm³/mol. The van der Waals surface area contributed by atoms with E-state index in [4.69, 9.17) is 4.74 Å². The number of piperazine rings is 1. The monoisotopic (exact) mass is 611 g/mol. The zero-order chi connectivity index (χ0) is 25.5. The lowest BCUT2D eigenvalue weighted by atomic mass is 10.1. The normalized spacial score (nSPS) is 19.3. The Morgan fingerprint density at radius 3 is 2.46 bits per heavy atom. The molecule has 1 amide bonds. The fraction of sp³-hybridized carbons (Fsp3) is 0.458. The average molecular weight is 612 g/mol. The molecule has 11 heteroatoms. The zero-order valence-electron chi connectivity index (χ0n) is 20.5. The van der Waals surface area contributed by atoms with Gasteiger partial charge in [0.15, 0.2) is 5.65 Å². The summed E-state index contributed by atoms with van der Waals surface area (Å²) in [5, 5.41) is 0.689. The molecule has 1 saturated heterocycles. The van der Waals surface area contributed by atoms with Gasteiger partial charge in [0, 0.05) is 34.9 Å². The first-order valence-corrected chi connectivity index (χ1v) is 14.1. The summed E-state index contributed by atoms with van der Waals surface area (Å²) < 4.78 is 34.2. The van der Waals surface area contributed by atoms with E-state index in [2.05, 4.69) is 37.5 Å². The number of carbonyl (C=O) groups excluding carboxylic acids is 1. The molecule has 1 fully saturated rings. The molecule has 0 N–H and O–H groups in total. The van der Waals surface area contributed by atoms with Crippen LogP contribution in [-0.2, 0) is 20.5 Å². The minimum absolute atomic E-state index is 0.0584. The van der Waals surface area contributed by atoms with Crippen LogP contribution < -0.4 is 4.90 Å². The van der Waals surface area contributed by atoms with Crippen molar-refractivity contribution in [2.75, 3.05) is 18.0 Å². The number of hydrogen-bond acceptors (Lipinski definition) is 7. The Morgan fingerprint density at radius 1 is 1.11 bits per heavy atom. The van der Waals surface area contributed by atoms with Crippen LogP contribution in [0.15, 0.2) is 42.9 Å². The fourth-order valence-electron chi connectivity index (χ4n) is 4.26. The third-order valence-electron chi connectivity index (χ3n) is 5.86. The van der Waals surface area contributed by atoms with E-state index in [1.807, 2.05) is 52.8 Å². The first-order valence-electron chi connectivity index (χ1n) is 11.4. The molecule has 188 valence electrons. The molecule has 3 aromatic rings. The first-order chi connectivity index (χ1) is 16.4. The largest absolute Gasteiger partial charge is 0.444 e. The van der Waals surface area contributed by atoms with E-state index in [-0.39, 0.29) is 23.9 Å². The van der Waals surface area contributed by atoms with Crippen molar-refractivity contribution in [3.05, 3.63) is 52.0 Å². The van der Waals surface area contributed by atoms with Gasteiger partial charge in [-0.15, -0.1) is 0 Å². The summed E-state index contributed by atoms with van der Waals surface area (Å²) in [6, 6.07) is 8.91. The van der Waals surface area contributed by atoms with E-state index in [1.54, 1.807) is 23.2 Å². The molecule has 2 atom stereocenters. The molecule has 1 aliphatic rings. The maximum absolute atomic E-state index is 13.3. The molecule has 3 heterocycles. The van der Waals surface area contributed by atoms with E-state index in [1.165, 1.54) is 10.3 Å². The number of fused-ring (bicyclic) bond motifs is 1.